The number of halogens is 1. The SMILES string of the molecule is COC1CCC(N(C)Cc2cccc(N)c2)CC1.Cl. The van der Waals surface area contributed by atoms with Crippen LogP contribution in [0, 0.1) is 0 Å². The second-order valence-corrected chi connectivity index (χ2v) is 5.33. The van der Waals surface area contributed by atoms with E-state index in [0.717, 1.165) is 12.2 Å². The Balaban J connectivity index is 0.00000180. The van der Waals surface area contributed by atoms with Crippen molar-refractivity contribution in [2.45, 2.75) is 44.4 Å². The summed E-state index contributed by atoms with van der Waals surface area (Å²) in [6.07, 6.45) is 5.31. The van der Waals surface area contributed by atoms with Crippen molar-refractivity contribution in [3.63, 3.8) is 0 Å². The van der Waals surface area contributed by atoms with E-state index in [4.69, 9.17) is 10.5 Å². The first-order valence-electron chi connectivity index (χ1n) is 6.76. The van der Waals surface area contributed by atoms with Gasteiger partial charge in [0.15, 0.2) is 0 Å². The summed E-state index contributed by atoms with van der Waals surface area (Å²) in [5.41, 5.74) is 7.96. The summed E-state index contributed by atoms with van der Waals surface area (Å²) < 4.78 is 5.42. The van der Waals surface area contributed by atoms with Gasteiger partial charge in [-0.05, 0) is 50.4 Å². The average Bonchev–Trinajstić information content (AvgIpc) is 2.39. The standard InChI is InChI=1S/C15H24N2O.ClH/c1-17(11-12-4-3-5-13(16)10-12)14-6-8-15(18-2)9-7-14;/h3-5,10,14-15H,6-9,11,16H2,1-2H3;1H. The number of ether oxygens (including phenoxy) is 1. The lowest BCUT2D eigenvalue weighted by Crippen LogP contribution is -2.36. The Morgan fingerprint density at radius 1 is 1.26 bits per heavy atom. The van der Waals surface area contributed by atoms with Crippen molar-refractivity contribution in [3.8, 4) is 0 Å². The summed E-state index contributed by atoms with van der Waals surface area (Å²) in [5.74, 6) is 0. The van der Waals surface area contributed by atoms with Gasteiger partial charge in [0.1, 0.15) is 0 Å². The summed E-state index contributed by atoms with van der Waals surface area (Å²) >= 11 is 0. The van der Waals surface area contributed by atoms with Crippen LogP contribution in [0.1, 0.15) is 31.2 Å². The fraction of sp³-hybridized carbons (Fsp3) is 0.600. The highest BCUT2D eigenvalue weighted by Gasteiger charge is 2.23. The van der Waals surface area contributed by atoms with Gasteiger partial charge in [0.2, 0.25) is 0 Å². The van der Waals surface area contributed by atoms with E-state index in [-0.39, 0.29) is 12.4 Å². The molecule has 0 aromatic heterocycles. The third kappa shape index (κ3) is 4.68. The number of hydrogen-bond donors (Lipinski definition) is 1. The second kappa shape index (κ2) is 7.73. The van der Waals surface area contributed by atoms with Gasteiger partial charge in [-0.1, -0.05) is 12.1 Å². The van der Waals surface area contributed by atoms with Crippen LogP contribution < -0.4 is 5.73 Å². The fourth-order valence-corrected chi connectivity index (χ4v) is 2.83. The fourth-order valence-electron chi connectivity index (χ4n) is 2.83. The van der Waals surface area contributed by atoms with E-state index in [1.54, 1.807) is 0 Å². The van der Waals surface area contributed by atoms with Crippen molar-refractivity contribution in [2.24, 2.45) is 0 Å². The quantitative estimate of drug-likeness (QED) is 0.864. The Morgan fingerprint density at radius 3 is 2.53 bits per heavy atom. The summed E-state index contributed by atoms with van der Waals surface area (Å²) in [6, 6.07) is 8.86. The van der Waals surface area contributed by atoms with Crippen molar-refractivity contribution in [3.05, 3.63) is 29.8 Å². The van der Waals surface area contributed by atoms with E-state index in [0.29, 0.717) is 12.1 Å². The van der Waals surface area contributed by atoms with Gasteiger partial charge >= 0.3 is 0 Å². The minimum atomic E-state index is 0. The van der Waals surface area contributed by atoms with Crippen LogP contribution in [0.3, 0.4) is 0 Å². The Kier molecular flexibility index (Phi) is 6.63. The molecule has 1 saturated carbocycles. The van der Waals surface area contributed by atoms with Crippen LogP contribution in [0.2, 0.25) is 0 Å². The maximum absolute atomic E-state index is 5.81. The molecule has 0 saturated heterocycles. The van der Waals surface area contributed by atoms with Crippen molar-refractivity contribution >= 4 is 18.1 Å². The number of benzene rings is 1. The number of nitrogens with zero attached hydrogens (tertiary/aromatic N) is 1. The highest BCUT2D eigenvalue weighted by Crippen LogP contribution is 2.25. The molecule has 0 unspecified atom stereocenters. The smallest absolute Gasteiger partial charge is 0.0572 e. The molecule has 2 rings (SSSR count). The van der Waals surface area contributed by atoms with Gasteiger partial charge in [-0.15, -0.1) is 12.4 Å². The van der Waals surface area contributed by atoms with Crippen LogP contribution >= 0.6 is 12.4 Å². The normalized spacial score (nSPS) is 23.1. The molecule has 1 aliphatic rings. The van der Waals surface area contributed by atoms with Crippen LogP contribution in [-0.2, 0) is 11.3 Å². The monoisotopic (exact) mass is 284 g/mol. The van der Waals surface area contributed by atoms with Crippen molar-refractivity contribution in [1.82, 2.24) is 4.90 Å². The lowest BCUT2D eigenvalue weighted by molar-refractivity contribution is 0.0427. The van der Waals surface area contributed by atoms with Crippen LogP contribution in [0.5, 0.6) is 0 Å². The largest absolute Gasteiger partial charge is 0.399 e. The lowest BCUT2D eigenvalue weighted by Gasteiger charge is -2.34. The molecule has 19 heavy (non-hydrogen) atoms. The first-order valence-corrected chi connectivity index (χ1v) is 6.76. The third-order valence-corrected chi connectivity index (χ3v) is 3.98. The molecule has 0 aliphatic heterocycles. The average molecular weight is 285 g/mol. The van der Waals surface area contributed by atoms with Gasteiger partial charge in [0, 0.05) is 25.4 Å². The molecule has 0 atom stereocenters. The zero-order valence-electron chi connectivity index (χ0n) is 11.8. The summed E-state index contributed by atoms with van der Waals surface area (Å²) in [4.78, 5) is 2.45. The topological polar surface area (TPSA) is 38.5 Å². The molecule has 0 bridgehead atoms. The van der Waals surface area contributed by atoms with Crippen LogP contribution in [0.25, 0.3) is 0 Å². The highest BCUT2D eigenvalue weighted by atomic mass is 35.5. The summed E-state index contributed by atoms with van der Waals surface area (Å²) in [6.45, 7) is 0.980. The number of methoxy groups -OCH3 is 1. The maximum atomic E-state index is 5.81. The zero-order valence-corrected chi connectivity index (χ0v) is 12.7. The number of nitrogens with two attached hydrogens (primary N) is 1. The number of rotatable bonds is 4. The van der Waals surface area contributed by atoms with E-state index in [1.807, 2.05) is 19.2 Å². The van der Waals surface area contributed by atoms with Gasteiger partial charge in [0.05, 0.1) is 6.10 Å². The van der Waals surface area contributed by atoms with Crippen LogP contribution in [0.15, 0.2) is 24.3 Å². The maximum Gasteiger partial charge on any atom is 0.0572 e. The molecule has 108 valence electrons. The number of anilines is 1. The molecule has 0 radical (unpaired) electrons. The van der Waals surface area contributed by atoms with E-state index in [2.05, 4.69) is 24.1 Å². The van der Waals surface area contributed by atoms with Gasteiger partial charge < -0.3 is 10.5 Å². The summed E-state index contributed by atoms with van der Waals surface area (Å²) in [5, 5.41) is 0. The van der Waals surface area contributed by atoms with Gasteiger partial charge in [-0.3, -0.25) is 4.90 Å². The number of nitrogen functional groups attached to an aromatic ring is 1. The molecule has 0 amide bonds. The molecule has 1 aromatic rings. The Hall–Kier alpha value is -0.770. The van der Waals surface area contributed by atoms with Crippen LogP contribution in [-0.4, -0.2) is 31.2 Å². The molecule has 2 N–H and O–H groups in total. The number of hydrogen-bond acceptors (Lipinski definition) is 3. The molecule has 1 aliphatic carbocycles. The Bertz CT molecular complexity index is 378. The molecule has 1 aromatic carbocycles. The predicted molar refractivity (Wildman–Crippen MR) is 82.6 cm³/mol. The van der Waals surface area contributed by atoms with E-state index >= 15 is 0 Å². The zero-order chi connectivity index (χ0) is 13.0. The molecule has 0 heterocycles. The molecular formula is C15H25ClN2O. The molecular weight excluding hydrogens is 260 g/mol. The molecule has 0 spiro atoms. The van der Waals surface area contributed by atoms with Crippen molar-refractivity contribution < 1.29 is 4.74 Å². The molecule has 4 heteroatoms. The third-order valence-electron chi connectivity index (χ3n) is 3.98. The van der Waals surface area contributed by atoms with Crippen LogP contribution in [0.4, 0.5) is 5.69 Å². The Morgan fingerprint density at radius 2 is 1.95 bits per heavy atom. The lowest BCUT2D eigenvalue weighted by atomic mass is 9.92. The second-order valence-electron chi connectivity index (χ2n) is 5.33. The van der Waals surface area contributed by atoms with E-state index < -0.39 is 0 Å². The highest BCUT2D eigenvalue weighted by molar-refractivity contribution is 5.85. The van der Waals surface area contributed by atoms with Gasteiger partial charge in [-0.25, -0.2) is 0 Å². The van der Waals surface area contributed by atoms with Gasteiger partial charge in [-0.2, -0.15) is 0 Å². The van der Waals surface area contributed by atoms with Gasteiger partial charge in [0.25, 0.3) is 0 Å². The predicted octanol–water partition coefficient (Wildman–Crippen LogP) is 3.08. The molecule has 1 fully saturated rings. The summed E-state index contributed by atoms with van der Waals surface area (Å²) in [7, 11) is 4.03. The minimum Gasteiger partial charge on any atom is -0.399 e. The Labute approximate surface area is 122 Å². The van der Waals surface area contributed by atoms with Crippen molar-refractivity contribution in [1.29, 1.82) is 0 Å². The van der Waals surface area contributed by atoms with Crippen molar-refractivity contribution in [2.75, 3.05) is 19.9 Å². The van der Waals surface area contributed by atoms with E-state index in [9.17, 15) is 0 Å². The first-order chi connectivity index (χ1) is 8.69. The van der Waals surface area contributed by atoms with E-state index in [1.165, 1.54) is 31.2 Å². The molecule has 3 nitrogen and oxygen atoms in total. The first kappa shape index (κ1) is 16.3. The minimum absolute atomic E-state index is 0.